The van der Waals surface area contributed by atoms with Gasteiger partial charge in [-0.2, -0.15) is 0 Å². The molecular formula is C18H22FNO. The number of rotatable bonds is 6. The van der Waals surface area contributed by atoms with Crippen LogP contribution in [0.4, 0.5) is 4.39 Å². The Labute approximate surface area is 125 Å². The molecular weight excluding hydrogens is 265 g/mol. The Hall–Kier alpha value is -1.71. The van der Waals surface area contributed by atoms with Gasteiger partial charge in [-0.3, -0.25) is 0 Å². The third-order valence-corrected chi connectivity index (χ3v) is 3.55. The van der Waals surface area contributed by atoms with E-state index in [1.807, 2.05) is 44.2 Å². The van der Waals surface area contributed by atoms with Crippen LogP contribution in [0.25, 0.3) is 0 Å². The van der Waals surface area contributed by atoms with E-state index in [1.165, 1.54) is 12.1 Å². The van der Waals surface area contributed by atoms with Gasteiger partial charge < -0.3 is 10.4 Å². The number of benzene rings is 2. The fraction of sp³-hybridized carbons (Fsp3) is 0.333. The van der Waals surface area contributed by atoms with Crippen LogP contribution >= 0.6 is 0 Å². The van der Waals surface area contributed by atoms with Gasteiger partial charge in [0.15, 0.2) is 0 Å². The van der Waals surface area contributed by atoms with Crippen molar-refractivity contribution in [1.82, 2.24) is 5.32 Å². The normalized spacial score (nSPS) is 13.1. The van der Waals surface area contributed by atoms with Gasteiger partial charge in [0, 0.05) is 18.6 Å². The molecule has 0 saturated heterocycles. The molecule has 0 radical (unpaired) electrons. The van der Waals surface area contributed by atoms with Gasteiger partial charge in [-0.25, -0.2) is 4.39 Å². The highest BCUT2D eigenvalue weighted by Gasteiger charge is 2.20. The van der Waals surface area contributed by atoms with Crippen LogP contribution in [0.3, 0.4) is 0 Å². The maximum absolute atomic E-state index is 13.1. The van der Waals surface area contributed by atoms with Crippen LogP contribution < -0.4 is 5.32 Å². The highest BCUT2D eigenvalue weighted by Crippen LogP contribution is 2.24. The number of aliphatic hydroxyl groups is 1. The lowest BCUT2D eigenvalue weighted by Crippen LogP contribution is -2.35. The van der Waals surface area contributed by atoms with Gasteiger partial charge in [-0.1, -0.05) is 56.3 Å². The summed E-state index contributed by atoms with van der Waals surface area (Å²) in [6.07, 6.45) is 0. The van der Waals surface area contributed by atoms with Gasteiger partial charge in [-0.05, 0) is 23.3 Å². The monoisotopic (exact) mass is 287 g/mol. The summed E-state index contributed by atoms with van der Waals surface area (Å²) in [7, 11) is 0. The number of nitrogens with one attached hydrogen (secondary N) is 1. The second kappa shape index (κ2) is 6.83. The van der Waals surface area contributed by atoms with Gasteiger partial charge in [0.25, 0.3) is 0 Å². The number of halogens is 1. The summed E-state index contributed by atoms with van der Waals surface area (Å²) >= 11 is 0. The molecule has 2 aromatic carbocycles. The summed E-state index contributed by atoms with van der Waals surface area (Å²) in [4.78, 5) is 0. The molecule has 0 amide bonds. The molecule has 2 rings (SSSR count). The number of aliphatic hydroxyl groups excluding tert-OH is 1. The van der Waals surface area contributed by atoms with Crippen LogP contribution in [0, 0.1) is 11.2 Å². The first-order valence-electron chi connectivity index (χ1n) is 7.16. The molecule has 0 aliphatic heterocycles. The Morgan fingerprint density at radius 2 is 1.57 bits per heavy atom. The maximum Gasteiger partial charge on any atom is 0.123 e. The summed E-state index contributed by atoms with van der Waals surface area (Å²) in [5.41, 5.74) is 1.93. The van der Waals surface area contributed by atoms with Crippen molar-refractivity contribution in [2.45, 2.75) is 19.9 Å². The van der Waals surface area contributed by atoms with Gasteiger partial charge >= 0.3 is 0 Å². The van der Waals surface area contributed by atoms with Crippen molar-refractivity contribution >= 4 is 0 Å². The van der Waals surface area contributed by atoms with Gasteiger partial charge in [-0.15, -0.1) is 0 Å². The minimum atomic E-state index is -0.235. The van der Waals surface area contributed by atoms with Gasteiger partial charge in [0.2, 0.25) is 0 Å². The SMILES string of the molecule is CC(C)(CO)CNC(c1ccccc1)c1ccc(F)cc1. The summed E-state index contributed by atoms with van der Waals surface area (Å²) in [6, 6.07) is 16.6. The van der Waals surface area contributed by atoms with Crippen LogP contribution in [0.15, 0.2) is 54.6 Å². The van der Waals surface area contributed by atoms with Crippen molar-refractivity contribution < 1.29 is 9.50 Å². The minimum absolute atomic E-state index is 0.0161. The summed E-state index contributed by atoms with van der Waals surface area (Å²) < 4.78 is 13.1. The van der Waals surface area contributed by atoms with Crippen molar-refractivity contribution in [1.29, 1.82) is 0 Å². The lowest BCUT2D eigenvalue weighted by Gasteiger charge is -2.27. The third-order valence-electron chi connectivity index (χ3n) is 3.55. The fourth-order valence-electron chi connectivity index (χ4n) is 2.16. The standard InChI is InChI=1S/C18H22FNO/c1-18(2,13-21)12-20-17(14-6-4-3-5-7-14)15-8-10-16(19)11-9-15/h3-11,17,20-21H,12-13H2,1-2H3. The molecule has 0 saturated carbocycles. The predicted molar refractivity (Wildman–Crippen MR) is 83.6 cm³/mol. The molecule has 112 valence electrons. The van der Waals surface area contributed by atoms with Gasteiger partial charge in [0.05, 0.1) is 6.04 Å². The molecule has 2 nitrogen and oxygen atoms in total. The highest BCUT2D eigenvalue weighted by molar-refractivity contribution is 5.31. The average molecular weight is 287 g/mol. The molecule has 0 fully saturated rings. The molecule has 0 aromatic heterocycles. The van der Waals surface area contributed by atoms with Crippen molar-refractivity contribution in [3.63, 3.8) is 0 Å². The van der Waals surface area contributed by atoms with Crippen LogP contribution in [-0.4, -0.2) is 18.3 Å². The van der Waals surface area contributed by atoms with E-state index in [9.17, 15) is 9.50 Å². The molecule has 0 spiro atoms. The van der Waals surface area contributed by atoms with E-state index >= 15 is 0 Å². The zero-order chi connectivity index (χ0) is 15.3. The van der Waals surface area contributed by atoms with E-state index in [0.717, 1.165) is 11.1 Å². The molecule has 0 heterocycles. The Kier molecular flexibility index (Phi) is 5.10. The van der Waals surface area contributed by atoms with E-state index in [-0.39, 0.29) is 23.9 Å². The average Bonchev–Trinajstić information content (AvgIpc) is 2.50. The quantitative estimate of drug-likeness (QED) is 0.852. The van der Waals surface area contributed by atoms with E-state index < -0.39 is 0 Å². The molecule has 2 N–H and O–H groups in total. The van der Waals surface area contributed by atoms with E-state index in [1.54, 1.807) is 12.1 Å². The zero-order valence-electron chi connectivity index (χ0n) is 12.5. The lowest BCUT2D eigenvalue weighted by atomic mass is 9.92. The first kappa shape index (κ1) is 15.7. The Morgan fingerprint density at radius 3 is 2.14 bits per heavy atom. The molecule has 1 atom stereocenters. The fourth-order valence-corrected chi connectivity index (χ4v) is 2.16. The Balaban J connectivity index is 2.25. The second-order valence-electron chi connectivity index (χ2n) is 6.10. The van der Waals surface area contributed by atoms with E-state index in [2.05, 4.69) is 5.32 Å². The van der Waals surface area contributed by atoms with E-state index in [4.69, 9.17) is 0 Å². The van der Waals surface area contributed by atoms with E-state index in [0.29, 0.717) is 6.54 Å². The Bertz CT molecular complexity index is 551. The molecule has 0 bridgehead atoms. The number of hydrogen-bond acceptors (Lipinski definition) is 2. The highest BCUT2D eigenvalue weighted by atomic mass is 19.1. The summed E-state index contributed by atoms with van der Waals surface area (Å²) in [6.45, 7) is 4.80. The first-order valence-corrected chi connectivity index (χ1v) is 7.16. The van der Waals surface area contributed by atoms with Crippen molar-refractivity contribution in [3.8, 4) is 0 Å². The summed E-state index contributed by atoms with van der Waals surface area (Å²) in [5, 5.41) is 12.9. The molecule has 1 unspecified atom stereocenters. The molecule has 21 heavy (non-hydrogen) atoms. The maximum atomic E-state index is 13.1. The number of hydrogen-bond donors (Lipinski definition) is 2. The molecule has 0 aliphatic rings. The molecule has 2 aromatic rings. The largest absolute Gasteiger partial charge is 0.396 e. The van der Waals surface area contributed by atoms with Crippen LogP contribution in [-0.2, 0) is 0 Å². The summed E-state index contributed by atoms with van der Waals surface area (Å²) in [5.74, 6) is -0.235. The predicted octanol–water partition coefficient (Wildman–Crippen LogP) is 3.52. The topological polar surface area (TPSA) is 32.3 Å². The van der Waals surface area contributed by atoms with Crippen molar-refractivity contribution in [2.24, 2.45) is 5.41 Å². The van der Waals surface area contributed by atoms with Crippen LogP contribution in [0.2, 0.25) is 0 Å². The van der Waals surface area contributed by atoms with Crippen molar-refractivity contribution in [3.05, 3.63) is 71.5 Å². The first-order chi connectivity index (χ1) is 10.0. The van der Waals surface area contributed by atoms with Crippen LogP contribution in [0.5, 0.6) is 0 Å². The third kappa shape index (κ3) is 4.38. The van der Waals surface area contributed by atoms with Gasteiger partial charge in [0.1, 0.15) is 5.82 Å². The smallest absolute Gasteiger partial charge is 0.123 e. The minimum Gasteiger partial charge on any atom is -0.396 e. The lowest BCUT2D eigenvalue weighted by molar-refractivity contribution is 0.154. The molecule has 3 heteroatoms. The Morgan fingerprint density at radius 1 is 1.00 bits per heavy atom. The second-order valence-corrected chi connectivity index (χ2v) is 6.10. The van der Waals surface area contributed by atoms with Crippen LogP contribution in [0.1, 0.15) is 31.0 Å². The van der Waals surface area contributed by atoms with Crippen molar-refractivity contribution in [2.75, 3.05) is 13.2 Å². The zero-order valence-corrected chi connectivity index (χ0v) is 12.5. The molecule has 0 aliphatic carbocycles.